The number of ether oxygens (including phenoxy) is 1. The Morgan fingerprint density at radius 2 is 2.21 bits per heavy atom. The Bertz CT molecular complexity index is 327. The van der Waals surface area contributed by atoms with Crippen LogP contribution < -0.4 is 4.72 Å². The molecule has 1 saturated heterocycles. The molecular formula is C12H24N2O4S. The standard InChI is InChI=1S/C12H24N2O4S/c1-3-5-8-12(13-19(16)17)9-6-7-10-14(12)11(15)18-4-2/h13H,3-10H2,1-2H3,(H,16,17). The van der Waals surface area contributed by atoms with Crippen molar-refractivity contribution in [2.24, 2.45) is 0 Å². The van der Waals surface area contributed by atoms with Gasteiger partial charge in [0.2, 0.25) is 11.3 Å². The summed E-state index contributed by atoms with van der Waals surface area (Å²) in [6.45, 7) is 4.68. The summed E-state index contributed by atoms with van der Waals surface area (Å²) in [4.78, 5) is 13.6. The van der Waals surface area contributed by atoms with E-state index in [4.69, 9.17) is 4.74 Å². The van der Waals surface area contributed by atoms with E-state index >= 15 is 0 Å². The van der Waals surface area contributed by atoms with Crippen LogP contribution in [0.2, 0.25) is 0 Å². The van der Waals surface area contributed by atoms with E-state index in [0.717, 1.165) is 25.7 Å². The summed E-state index contributed by atoms with van der Waals surface area (Å²) in [6, 6.07) is 0. The average Bonchev–Trinajstić information content (AvgIpc) is 2.36. The van der Waals surface area contributed by atoms with Gasteiger partial charge in [0.15, 0.2) is 0 Å². The summed E-state index contributed by atoms with van der Waals surface area (Å²) in [5, 5.41) is 0. The first-order valence-electron chi connectivity index (χ1n) is 6.89. The molecule has 0 aromatic carbocycles. The molecule has 0 spiro atoms. The van der Waals surface area contributed by atoms with Crippen molar-refractivity contribution in [2.45, 2.75) is 58.0 Å². The highest BCUT2D eigenvalue weighted by atomic mass is 32.2. The molecule has 1 aliphatic rings. The maximum absolute atomic E-state index is 12.0. The van der Waals surface area contributed by atoms with Gasteiger partial charge in [0.05, 0.1) is 6.61 Å². The molecule has 0 aromatic rings. The lowest BCUT2D eigenvalue weighted by Gasteiger charge is -2.46. The zero-order valence-electron chi connectivity index (χ0n) is 11.7. The van der Waals surface area contributed by atoms with Crippen molar-refractivity contribution in [3.63, 3.8) is 0 Å². The van der Waals surface area contributed by atoms with E-state index in [0.29, 0.717) is 26.0 Å². The maximum atomic E-state index is 12.0. The fourth-order valence-electron chi connectivity index (χ4n) is 2.55. The van der Waals surface area contributed by atoms with Crippen molar-refractivity contribution in [1.29, 1.82) is 0 Å². The molecule has 7 heteroatoms. The number of likely N-dealkylation sites (tertiary alicyclic amines) is 1. The molecule has 6 nitrogen and oxygen atoms in total. The minimum atomic E-state index is -2.15. The molecule has 1 fully saturated rings. The number of hydrogen-bond acceptors (Lipinski definition) is 3. The number of unbranched alkanes of at least 4 members (excludes halogenated alkanes) is 1. The molecule has 1 rings (SSSR count). The zero-order valence-corrected chi connectivity index (χ0v) is 12.5. The van der Waals surface area contributed by atoms with Crippen LogP contribution in [0.1, 0.15) is 52.4 Å². The Balaban J connectivity index is 2.91. The van der Waals surface area contributed by atoms with Gasteiger partial charge in [0.1, 0.15) is 5.66 Å². The molecule has 1 aliphatic heterocycles. The number of carbonyl (C=O) groups excluding carboxylic acids is 1. The van der Waals surface area contributed by atoms with Gasteiger partial charge in [-0.2, -0.15) is 4.72 Å². The topological polar surface area (TPSA) is 78.9 Å². The Labute approximate surface area is 117 Å². The van der Waals surface area contributed by atoms with Crippen molar-refractivity contribution in [3.05, 3.63) is 0 Å². The van der Waals surface area contributed by atoms with Gasteiger partial charge in [-0.3, -0.25) is 9.45 Å². The van der Waals surface area contributed by atoms with Crippen LogP contribution in [-0.4, -0.2) is 38.6 Å². The summed E-state index contributed by atoms with van der Waals surface area (Å²) < 4.78 is 28.1. The first kappa shape index (κ1) is 16.4. The first-order valence-corrected chi connectivity index (χ1v) is 7.99. The van der Waals surface area contributed by atoms with Crippen LogP contribution in [0, 0.1) is 0 Å². The fourth-order valence-corrected chi connectivity index (χ4v) is 3.19. The lowest BCUT2D eigenvalue weighted by molar-refractivity contribution is 0.0165. The largest absolute Gasteiger partial charge is 0.450 e. The minimum absolute atomic E-state index is 0.307. The van der Waals surface area contributed by atoms with Gasteiger partial charge in [-0.25, -0.2) is 9.00 Å². The normalized spacial score (nSPS) is 25.1. The van der Waals surface area contributed by atoms with Crippen LogP contribution in [0.15, 0.2) is 0 Å². The molecule has 2 atom stereocenters. The molecule has 2 N–H and O–H groups in total. The predicted octanol–water partition coefficient (Wildman–Crippen LogP) is 2.24. The number of rotatable bonds is 6. The van der Waals surface area contributed by atoms with Crippen LogP contribution in [-0.2, 0) is 16.0 Å². The second kappa shape index (κ2) is 7.81. The van der Waals surface area contributed by atoms with Crippen LogP contribution in [0.4, 0.5) is 4.79 Å². The molecule has 112 valence electrons. The molecule has 0 aliphatic carbocycles. The van der Waals surface area contributed by atoms with Crippen molar-refractivity contribution < 1.29 is 18.3 Å². The highest BCUT2D eigenvalue weighted by molar-refractivity contribution is 7.77. The van der Waals surface area contributed by atoms with Crippen LogP contribution in [0.3, 0.4) is 0 Å². The van der Waals surface area contributed by atoms with Gasteiger partial charge < -0.3 is 4.74 Å². The summed E-state index contributed by atoms with van der Waals surface area (Å²) in [7, 11) is 0. The van der Waals surface area contributed by atoms with E-state index in [1.807, 2.05) is 0 Å². The monoisotopic (exact) mass is 292 g/mol. The van der Waals surface area contributed by atoms with Gasteiger partial charge in [-0.05, 0) is 39.0 Å². The maximum Gasteiger partial charge on any atom is 0.411 e. The van der Waals surface area contributed by atoms with Crippen molar-refractivity contribution >= 4 is 17.4 Å². The zero-order chi connectivity index (χ0) is 14.3. The van der Waals surface area contributed by atoms with E-state index in [1.54, 1.807) is 11.8 Å². The lowest BCUT2D eigenvalue weighted by atomic mass is 9.91. The second-order valence-corrected chi connectivity index (χ2v) is 5.50. The Kier molecular flexibility index (Phi) is 6.74. The Morgan fingerprint density at radius 1 is 1.47 bits per heavy atom. The summed E-state index contributed by atoms with van der Waals surface area (Å²) in [5.41, 5.74) is -0.750. The third-order valence-corrected chi connectivity index (χ3v) is 4.00. The fraction of sp³-hybridized carbons (Fsp3) is 0.917. The van der Waals surface area contributed by atoms with Gasteiger partial charge in [0, 0.05) is 6.54 Å². The number of carbonyl (C=O) groups is 1. The van der Waals surface area contributed by atoms with E-state index in [9.17, 15) is 13.6 Å². The number of piperidine rings is 1. The number of nitrogens with zero attached hydrogens (tertiary/aromatic N) is 1. The molecule has 19 heavy (non-hydrogen) atoms. The van der Waals surface area contributed by atoms with Crippen LogP contribution in [0.5, 0.6) is 0 Å². The van der Waals surface area contributed by atoms with Crippen LogP contribution >= 0.6 is 0 Å². The number of hydrogen-bond donors (Lipinski definition) is 2. The molecule has 1 amide bonds. The number of nitrogens with one attached hydrogen (secondary N) is 1. The molecular weight excluding hydrogens is 268 g/mol. The van der Waals surface area contributed by atoms with Crippen molar-refractivity contribution in [1.82, 2.24) is 9.62 Å². The Hall–Kier alpha value is -0.660. The quantitative estimate of drug-likeness (QED) is 0.736. The Morgan fingerprint density at radius 3 is 2.79 bits per heavy atom. The van der Waals surface area contributed by atoms with Gasteiger partial charge in [-0.15, -0.1) is 0 Å². The third kappa shape index (κ3) is 4.43. The summed E-state index contributed by atoms with van der Waals surface area (Å²) in [6.07, 6.45) is 4.62. The molecule has 0 bridgehead atoms. The third-order valence-electron chi connectivity index (χ3n) is 3.45. The highest BCUT2D eigenvalue weighted by Gasteiger charge is 2.42. The van der Waals surface area contributed by atoms with Crippen molar-refractivity contribution in [2.75, 3.05) is 13.2 Å². The van der Waals surface area contributed by atoms with Crippen molar-refractivity contribution in [3.8, 4) is 0 Å². The number of amides is 1. The van der Waals surface area contributed by atoms with Gasteiger partial charge in [-0.1, -0.05) is 13.3 Å². The molecule has 0 aromatic heterocycles. The SMILES string of the molecule is CCCCC1(NS(=O)O)CCCCN1C(=O)OCC. The van der Waals surface area contributed by atoms with E-state index in [1.165, 1.54) is 0 Å². The summed E-state index contributed by atoms with van der Waals surface area (Å²) in [5.74, 6) is 0. The smallest absolute Gasteiger partial charge is 0.411 e. The van der Waals surface area contributed by atoms with Gasteiger partial charge in [0.25, 0.3) is 0 Å². The van der Waals surface area contributed by atoms with E-state index in [2.05, 4.69) is 11.6 Å². The first-order chi connectivity index (χ1) is 9.05. The van der Waals surface area contributed by atoms with E-state index < -0.39 is 23.0 Å². The average molecular weight is 292 g/mol. The molecule has 1 heterocycles. The molecule has 2 unspecified atom stereocenters. The highest BCUT2D eigenvalue weighted by Crippen LogP contribution is 2.31. The van der Waals surface area contributed by atoms with Crippen LogP contribution in [0.25, 0.3) is 0 Å². The van der Waals surface area contributed by atoms with Gasteiger partial charge >= 0.3 is 6.09 Å². The second-order valence-electron chi connectivity index (χ2n) is 4.79. The molecule has 0 saturated carbocycles. The van der Waals surface area contributed by atoms with E-state index in [-0.39, 0.29) is 0 Å². The molecule has 0 radical (unpaired) electrons. The lowest BCUT2D eigenvalue weighted by Crippen LogP contribution is -2.63. The summed E-state index contributed by atoms with van der Waals surface area (Å²) >= 11 is -2.15. The predicted molar refractivity (Wildman–Crippen MR) is 73.7 cm³/mol. The minimum Gasteiger partial charge on any atom is -0.450 e.